The molecule has 1 N–H and O–H groups in total. The molecule has 1 aromatic heterocycles. The zero-order chi connectivity index (χ0) is 21.3. The van der Waals surface area contributed by atoms with E-state index in [0.29, 0.717) is 36.1 Å². The number of hydrogen-bond donors (Lipinski definition) is 1. The van der Waals surface area contributed by atoms with Gasteiger partial charge in [-0.15, -0.1) is 0 Å². The molecule has 0 aliphatic carbocycles. The fourth-order valence-corrected chi connectivity index (χ4v) is 3.74. The number of benzene rings is 1. The van der Waals surface area contributed by atoms with Gasteiger partial charge in [0.05, 0.1) is 16.2 Å². The van der Waals surface area contributed by atoms with E-state index in [-0.39, 0.29) is 22.9 Å². The minimum absolute atomic E-state index is 0.157. The highest BCUT2D eigenvalue weighted by Crippen LogP contribution is 2.38. The van der Waals surface area contributed by atoms with Crippen molar-refractivity contribution in [2.75, 3.05) is 13.2 Å². The van der Waals surface area contributed by atoms with Crippen molar-refractivity contribution in [3.63, 3.8) is 0 Å². The second-order valence-electron chi connectivity index (χ2n) is 7.82. The normalized spacial score (nSPS) is 15.3. The number of hydrogen-bond acceptors (Lipinski definition) is 6. The summed E-state index contributed by atoms with van der Waals surface area (Å²) in [7, 11) is 0. The van der Waals surface area contributed by atoms with E-state index in [1.54, 1.807) is 26.8 Å². The van der Waals surface area contributed by atoms with E-state index in [0.717, 1.165) is 4.68 Å². The maximum atomic E-state index is 12.9. The Balaban J connectivity index is 2.28. The Morgan fingerprint density at radius 2 is 2.00 bits per heavy atom. The Labute approximate surface area is 175 Å². The zero-order valence-corrected chi connectivity index (χ0v) is 17.9. The van der Waals surface area contributed by atoms with Gasteiger partial charge in [0.15, 0.2) is 0 Å². The van der Waals surface area contributed by atoms with Crippen molar-refractivity contribution in [1.82, 2.24) is 9.78 Å². The van der Waals surface area contributed by atoms with Crippen molar-refractivity contribution < 1.29 is 19.2 Å². The van der Waals surface area contributed by atoms with Gasteiger partial charge in [0, 0.05) is 29.3 Å². The van der Waals surface area contributed by atoms with Crippen molar-refractivity contribution in [2.24, 2.45) is 0 Å². The van der Waals surface area contributed by atoms with Gasteiger partial charge in [-0.25, -0.2) is 4.79 Å². The van der Waals surface area contributed by atoms with E-state index in [1.165, 1.54) is 12.1 Å². The van der Waals surface area contributed by atoms with Crippen molar-refractivity contribution in [1.29, 1.82) is 0 Å². The zero-order valence-electron chi connectivity index (χ0n) is 16.4. The van der Waals surface area contributed by atoms with Crippen LogP contribution in [0.3, 0.4) is 0 Å². The highest BCUT2D eigenvalue weighted by Gasteiger charge is 2.33. The number of nitro groups is 1. The molecule has 1 saturated heterocycles. The number of aromatic nitrogens is 2. The number of nitrogens with one attached hydrogen (secondary N) is 1. The predicted molar refractivity (Wildman–Crippen MR) is 109 cm³/mol. The minimum Gasteiger partial charge on any atom is -0.442 e. The minimum atomic E-state index is -0.808. The molecule has 10 heteroatoms. The Morgan fingerprint density at radius 3 is 2.59 bits per heavy atom. The summed E-state index contributed by atoms with van der Waals surface area (Å²) in [6.07, 6.45) is 0.351. The standard InChI is InChI=1S/C19H22BrN3O6/c1-19(2,3)29-18(25)22-16(13-10-12(20)4-5-14(13)23(26)27)15(17(24)21-22)11-6-8-28-9-7-11/h4-5,10-11H,6-9H2,1-3H3,(H,21,24). The molecule has 3 rings (SSSR count). The smallest absolute Gasteiger partial charge is 0.434 e. The summed E-state index contributed by atoms with van der Waals surface area (Å²) in [6, 6.07) is 4.41. The fraction of sp³-hybridized carbons (Fsp3) is 0.474. The Hall–Kier alpha value is -2.46. The lowest BCUT2D eigenvalue weighted by molar-refractivity contribution is -0.384. The summed E-state index contributed by atoms with van der Waals surface area (Å²) < 4.78 is 12.4. The third kappa shape index (κ3) is 4.59. The molecule has 156 valence electrons. The third-order valence-electron chi connectivity index (χ3n) is 4.55. The second kappa shape index (κ2) is 8.11. The van der Waals surface area contributed by atoms with Crippen LogP contribution < -0.4 is 5.56 Å². The van der Waals surface area contributed by atoms with Crippen LogP contribution in [0.15, 0.2) is 27.5 Å². The van der Waals surface area contributed by atoms with Crippen molar-refractivity contribution in [2.45, 2.75) is 45.1 Å². The monoisotopic (exact) mass is 467 g/mol. The van der Waals surface area contributed by atoms with Crippen LogP contribution in [-0.4, -0.2) is 39.6 Å². The molecule has 0 spiro atoms. The van der Waals surface area contributed by atoms with Gasteiger partial charge in [-0.1, -0.05) is 15.9 Å². The van der Waals surface area contributed by atoms with Gasteiger partial charge in [0.25, 0.3) is 11.2 Å². The first kappa shape index (κ1) is 21.3. The van der Waals surface area contributed by atoms with Gasteiger partial charge in [0.1, 0.15) is 5.60 Å². The molecule has 0 radical (unpaired) electrons. The summed E-state index contributed by atoms with van der Waals surface area (Å²) in [5.41, 5.74) is -0.832. The number of rotatable bonds is 3. The van der Waals surface area contributed by atoms with E-state index in [4.69, 9.17) is 9.47 Å². The van der Waals surface area contributed by atoms with Crippen LogP contribution in [0.2, 0.25) is 0 Å². The largest absolute Gasteiger partial charge is 0.442 e. The van der Waals surface area contributed by atoms with E-state index in [2.05, 4.69) is 21.0 Å². The molecule has 2 aromatic rings. The molecule has 2 heterocycles. The first-order chi connectivity index (χ1) is 13.6. The van der Waals surface area contributed by atoms with Gasteiger partial charge >= 0.3 is 6.09 Å². The molecular weight excluding hydrogens is 446 g/mol. The maximum Gasteiger partial charge on any atom is 0.434 e. The molecule has 0 atom stereocenters. The van der Waals surface area contributed by atoms with E-state index >= 15 is 0 Å². The number of halogens is 1. The average molecular weight is 468 g/mol. The lowest BCUT2D eigenvalue weighted by Gasteiger charge is -2.23. The lowest BCUT2D eigenvalue weighted by Crippen LogP contribution is -2.28. The summed E-state index contributed by atoms with van der Waals surface area (Å²) in [6.45, 7) is 6.05. The number of H-pyrrole nitrogens is 1. The van der Waals surface area contributed by atoms with Crippen LogP contribution >= 0.6 is 15.9 Å². The van der Waals surface area contributed by atoms with Gasteiger partial charge < -0.3 is 9.47 Å². The average Bonchev–Trinajstić information content (AvgIpc) is 2.98. The molecular formula is C19H22BrN3O6. The van der Waals surface area contributed by atoms with E-state index < -0.39 is 22.2 Å². The van der Waals surface area contributed by atoms with Crippen LogP contribution in [0.5, 0.6) is 0 Å². The second-order valence-corrected chi connectivity index (χ2v) is 8.74. The summed E-state index contributed by atoms with van der Waals surface area (Å²) in [5.74, 6) is -0.190. The summed E-state index contributed by atoms with van der Waals surface area (Å²) in [4.78, 5) is 36.8. The molecule has 1 aliphatic heterocycles. The molecule has 9 nitrogen and oxygen atoms in total. The Bertz CT molecular complexity index is 998. The Morgan fingerprint density at radius 1 is 1.34 bits per heavy atom. The van der Waals surface area contributed by atoms with Crippen LogP contribution in [0.4, 0.5) is 10.5 Å². The fourth-order valence-electron chi connectivity index (χ4n) is 3.38. The van der Waals surface area contributed by atoms with E-state index in [1.807, 2.05) is 0 Å². The van der Waals surface area contributed by atoms with Crippen LogP contribution in [0.1, 0.15) is 45.1 Å². The SMILES string of the molecule is CC(C)(C)OC(=O)n1[nH]c(=O)c(C2CCOCC2)c1-c1cc(Br)ccc1[N+](=O)[O-]. The molecule has 0 bridgehead atoms. The summed E-state index contributed by atoms with van der Waals surface area (Å²) in [5, 5.41) is 14.2. The number of aromatic amines is 1. The number of nitrogens with zero attached hydrogens (tertiary/aromatic N) is 2. The number of nitro benzene ring substituents is 1. The van der Waals surface area contributed by atoms with Crippen molar-refractivity contribution >= 4 is 27.7 Å². The number of carbonyl (C=O) groups is 1. The maximum absolute atomic E-state index is 12.9. The van der Waals surface area contributed by atoms with Gasteiger partial charge in [-0.2, -0.15) is 4.68 Å². The summed E-state index contributed by atoms with van der Waals surface area (Å²) >= 11 is 3.32. The lowest BCUT2D eigenvalue weighted by atomic mass is 9.89. The highest BCUT2D eigenvalue weighted by atomic mass is 79.9. The molecule has 29 heavy (non-hydrogen) atoms. The molecule has 0 saturated carbocycles. The first-order valence-corrected chi connectivity index (χ1v) is 9.98. The van der Waals surface area contributed by atoms with Crippen molar-refractivity contribution in [3.8, 4) is 11.3 Å². The van der Waals surface area contributed by atoms with Gasteiger partial charge in [-0.05, 0) is 51.7 Å². The Kier molecular flexibility index (Phi) is 5.95. The number of carbonyl (C=O) groups excluding carboxylic acids is 1. The molecule has 1 aromatic carbocycles. The third-order valence-corrected chi connectivity index (χ3v) is 5.05. The topological polar surface area (TPSA) is 116 Å². The van der Waals surface area contributed by atoms with Gasteiger partial charge in [-0.3, -0.25) is 20.0 Å². The van der Waals surface area contributed by atoms with E-state index in [9.17, 15) is 19.7 Å². The quantitative estimate of drug-likeness (QED) is 0.534. The first-order valence-electron chi connectivity index (χ1n) is 9.19. The molecule has 0 amide bonds. The van der Waals surface area contributed by atoms with Crippen LogP contribution in [0.25, 0.3) is 11.3 Å². The van der Waals surface area contributed by atoms with Crippen LogP contribution in [-0.2, 0) is 9.47 Å². The van der Waals surface area contributed by atoms with Crippen LogP contribution in [0, 0.1) is 10.1 Å². The highest BCUT2D eigenvalue weighted by molar-refractivity contribution is 9.10. The van der Waals surface area contributed by atoms with Crippen molar-refractivity contribution in [3.05, 3.63) is 48.7 Å². The molecule has 1 aliphatic rings. The number of ether oxygens (including phenoxy) is 2. The molecule has 0 unspecified atom stereocenters. The van der Waals surface area contributed by atoms with Gasteiger partial charge in [0.2, 0.25) is 0 Å². The molecule has 1 fully saturated rings. The predicted octanol–water partition coefficient (Wildman–Crippen LogP) is 4.19.